The van der Waals surface area contributed by atoms with E-state index in [0.717, 1.165) is 26.2 Å². The number of fused-ring (bicyclic) bond motifs is 1. The van der Waals surface area contributed by atoms with Crippen LogP contribution < -0.4 is 5.32 Å². The van der Waals surface area contributed by atoms with Gasteiger partial charge in [0.2, 0.25) is 0 Å². The van der Waals surface area contributed by atoms with E-state index in [4.69, 9.17) is 0 Å². The first kappa shape index (κ1) is 10.3. The first-order chi connectivity index (χ1) is 7.83. The van der Waals surface area contributed by atoms with Gasteiger partial charge in [0.05, 0.1) is 0 Å². The third kappa shape index (κ3) is 1.86. The molecule has 0 bridgehead atoms. The number of hydrogen-bond acceptors (Lipinski definition) is 3. The fourth-order valence-corrected chi connectivity index (χ4v) is 2.96. The monoisotopic (exact) mass is 218 g/mol. The van der Waals surface area contributed by atoms with Crippen molar-refractivity contribution in [1.29, 1.82) is 0 Å². The second kappa shape index (κ2) is 4.17. The molecule has 2 N–H and O–H groups in total. The summed E-state index contributed by atoms with van der Waals surface area (Å²) in [6.45, 7) is 4.12. The fraction of sp³-hybridized carbons (Fsp3) is 0.538. The van der Waals surface area contributed by atoms with Crippen molar-refractivity contribution in [3.05, 3.63) is 35.9 Å². The van der Waals surface area contributed by atoms with E-state index in [1.807, 2.05) is 0 Å². The number of rotatable bonds is 2. The van der Waals surface area contributed by atoms with Crippen LogP contribution in [-0.2, 0) is 6.54 Å². The maximum atomic E-state index is 9.75. The van der Waals surface area contributed by atoms with Crippen LogP contribution in [0.2, 0.25) is 0 Å². The van der Waals surface area contributed by atoms with Crippen LogP contribution in [0.25, 0.3) is 0 Å². The van der Waals surface area contributed by atoms with Gasteiger partial charge in [-0.05, 0) is 11.5 Å². The van der Waals surface area contributed by atoms with Crippen LogP contribution in [0.5, 0.6) is 0 Å². The molecule has 2 aliphatic rings. The van der Waals surface area contributed by atoms with Gasteiger partial charge in [-0.2, -0.15) is 0 Å². The topological polar surface area (TPSA) is 35.5 Å². The Morgan fingerprint density at radius 2 is 2.06 bits per heavy atom. The van der Waals surface area contributed by atoms with Crippen LogP contribution in [0.15, 0.2) is 30.3 Å². The number of aliphatic hydroxyl groups is 1. The summed E-state index contributed by atoms with van der Waals surface area (Å²) >= 11 is 0. The van der Waals surface area contributed by atoms with E-state index >= 15 is 0 Å². The van der Waals surface area contributed by atoms with Crippen LogP contribution in [0.1, 0.15) is 5.56 Å². The minimum Gasteiger partial charge on any atom is -0.378 e. The van der Waals surface area contributed by atoms with E-state index in [-0.39, 0.29) is 6.23 Å². The fourth-order valence-electron chi connectivity index (χ4n) is 2.96. The highest BCUT2D eigenvalue weighted by atomic mass is 16.3. The molecule has 1 aromatic rings. The van der Waals surface area contributed by atoms with E-state index in [1.54, 1.807) is 0 Å². The highest BCUT2D eigenvalue weighted by molar-refractivity contribution is 5.15. The quantitative estimate of drug-likeness (QED) is 0.765. The molecule has 2 aliphatic heterocycles. The first-order valence-electron chi connectivity index (χ1n) is 6.00. The van der Waals surface area contributed by atoms with E-state index in [2.05, 4.69) is 40.5 Å². The zero-order chi connectivity index (χ0) is 11.0. The zero-order valence-electron chi connectivity index (χ0n) is 9.34. The second-order valence-corrected chi connectivity index (χ2v) is 4.96. The molecule has 0 aliphatic carbocycles. The third-order valence-corrected chi connectivity index (χ3v) is 3.81. The minimum absolute atomic E-state index is 0.286. The second-order valence-electron chi connectivity index (χ2n) is 4.96. The SMILES string of the molecule is OC1NCC2CN(Cc3ccccc3)CC21. The Hall–Kier alpha value is -0.900. The van der Waals surface area contributed by atoms with Crippen LogP contribution >= 0.6 is 0 Å². The molecule has 3 nitrogen and oxygen atoms in total. The summed E-state index contributed by atoms with van der Waals surface area (Å²) < 4.78 is 0. The molecule has 2 fully saturated rings. The highest BCUT2D eigenvalue weighted by Gasteiger charge is 2.41. The molecule has 0 spiro atoms. The van der Waals surface area contributed by atoms with E-state index in [9.17, 15) is 5.11 Å². The van der Waals surface area contributed by atoms with Crippen molar-refractivity contribution in [2.24, 2.45) is 11.8 Å². The standard InChI is InChI=1S/C13H18N2O/c16-13-12-9-15(8-11(12)6-14-13)7-10-4-2-1-3-5-10/h1-5,11-14,16H,6-9H2. The van der Waals surface area contributed by atoms with Gasteiger partial charge in [0, 0.05) is 32.1 Å². The Kier molecular flexibility index (Phi) is 2.67. The summed E-state index contributed by atoms with van der Waals surface area (Å²) in [5.74, 6) is 1.07. The summed E-state index contributed by atoms with van der Waals surface area (Å²) in [6, 6.07) is 10.6. The average molecular weight is 218 g/mol. The Balaban J connectivity index is 1.63. The summed E-state index contributed by atoms with van der Waals surface area (Å²) in [4.78, 5) is 2.45. The Morgan fingerprint density at radius 1 is 1.25 bits per heavy atom. The molecule has 0 saturated carbocycles. The largest absolute Gasteiger partial charge is 0.378 e. The third-order valence-electron chi connectivity index (χ3n) is 3.81. The molecule has 3 atom stereocenters. The predicted octanol–water partition coefficient (Wildman–Crippen LogP) is 0.656. The summed E-state index contributed by atoms with van der Waals surface area (Å²) in [6.07, 6.45) is -0.286. The molecule has 3 unspecified atom stereocenters. The van der Waals surface area contributed by atoms with Gasteiger partial charge in [-0.3, -0.25) is 10.2 Å². The lowest BCUT2D eigenvalue weighted by atomic mass is 10.00. The molecule has 0 amide bonds. The van der Waals surface area contributed by atoms with Crippen molar-refractivity contribution < 1.29 is 5.11 Å². The molecule has 3 heteroatoms. The van der Waals surface area contributed by atoms with Crippen LogP contribution in [-0.4, -0.2) is 35.9 Å². The molecule has 86 valence electrons. The van der Waals surface area contributed by atoms with Crippen molar-refractivity contribution in [3.8, 4) is 0 Å². The van der Waals surface area contributed by atoms with E-state index in [0.29, 0.717) is 11.8 Å². The number of aliphatic hydroxyl groups excluding tert-OH is 1. The van der Waals surface area contributed by atoms with E-state index in [1.165, 1.54) is 5.56 Å². The zero-order valence-corrected chi connectivity index (χ0v) is 9.34. The molecule has 0 aromatic heterocycles. The number of nitrogens with one attached hydrogen (secondary N) is 1. The van der Waals surface area contributed by atoms with Gasteiger partial charge in [-0.1, -0.05) is 30.3 Å². The minimum atomic E-state index is -0.286. The van der Waals surface area contributed by atoms with E-state index < -0.39 is 0 Å². The molecule has 2 heterocycles. The number of hydrogen-bond donors (Lipinski definition) is 2. The van der Waals surface area contributed by atoms with Crippen molar-refractivity contribution in [3.63, 3.8) is 0 Å². The summed E-state index contributed by atoms with van der Waals surface area (Å²) in [5.41, 5.74) is 1.37. The molecule has 16 heavy (non-hydrogen) atoms. The Labute approximate surface area is 96.1 Å². The van der Waals surface area contributed by atoms with Crippen LogP contribution in [0.3, 0.4) is 0 Å². The highest BCUT2D eigenvalue weighted by Crippen LogP contribution is 2.30. The molecular weight excluding hydrogens is 200 g/mol. The lowest BCUT2D eigenvalue weighted by molar-refractivity contribution is 0.104. The molecular formula is C13H18N2O. The van der Waals surface area contributed by atoms with Gasteiger partial charge >= 0.3 is 0 Å². The number of likely N-dealkylation sites (tertiary alicyclic amines) is 1. The average Bonchev–Trinajstić information content (AvgIpc) is 2.83. The lowest BCUT2D eigenvalue weighted by Gasteiger charge is -2.18. The maximum absolute atomic E-state index is 9.75. The Bertz CT molecular complexity index is 354. The van der Waals surface area contributed by atoms with Crippen molar-refractivity contribution in [2.45, 2.75) is 12.8 Å². The smallest absolute Gasteiger partial charge is 0.109 e. The summed E-state index contributed by atoms with van der Waals surface area (Å²) in [7, 11) is 0. The first-order valence-corrected chi connectivity index (χ1v) is 6.00. The molecule has 2 saturated heterocycles. The molecule has 3 rings (SSSR count). The summed E-state index contributed by atoms with van der Waals surface area (Å²) in [5, 5.41) is 12.9. The Morgan fingerprint density at radius 3 is 2.81 bits per heavy atom. The van der Waals surface area contributed by atoms with Gasteiger partial charge in [0.25, 0.3) is 0 Å². The van der Waals surface area contributed by atoms with Crippen LogP contribution in [0.4, 0.5) is 0 Å². The molecule has 1 aromatic carbocycles. The van der Waals surface area contributed by atoms with Crippen molar-refractivity contribution in [1.82, 2.24) is 10.2 Å². The lowest BCUT2D eigenvalue weighted by Crippen LogP contribution is -2.32. The van der Waals surface area contributed by atoms with Gasteiger partial charge in [0.15, 0.2) is 0 Å². The van der Waals surface area contributed by atoms with Gasteiger partial charge in [-0.15, -0.1) is 0 Å². The number of benzene rings is 1. The molecule has 0 radical (unpaired) electrons. The van der Waals surface area contributed by atoms with Crippen molar-refractivity contribution >= 4 is 0 Å². The predicted molar refractivity (Wildman–Crippen MR) is 62.7 cm³/mol. The number of nitrogens with zero attached hydrogens (tertiary/aromatic N) is 1. The van der Waals surface area contributed by atoms with Gasteiger partial charge in [-0.25, -0.2) is 0 Å². The van der Waals surface area contributed by atoms with Gasteiger partial charge in [0.1, 0.15) is 6.23 Å². The van der Waals surface area contributed by atoms with Gasteiger partial charge < -0.3 is 5.11 Å². The maximum Gasteiger partial charge on any atom is 0.109 e. The normalized spacial score (nSPS) is 34.2. The van der Waals surface area contributed by atoms with Crippen LogP contribution in [0, 0.1) is 11.8 Å². The van der Waals surface area contributed by atoms with Crippen molar-refractivity contribution in [2.75, 3.05) is 19.6 Å².